The molecule has 6 nitrogen and oxygen atoms in total. The van der Waals surface area contributed by atoms with Crippen LogP contribution in [0, 0.1) is 0 Å². The Morgan fingerprint density at radius 2 is 1.93 bits per heavy atom. The van der Waals surface area contributed by atoms with Crippen molar-refractivity contribution in [3.8, 4) is 11.3 Å². The van der Waals surface area contributed by atoms with Crippen molar-refractivity contribution in [3.05, 3.63) is 49.9 Å². The first kappa shape index (κ1) is 20.8. The third-order valence-corrected chi connectivity index (χ3v) is 8.68. The number of sulfonamides is 1. The number of aromatic nitrogens is 1. The van der Waals surface area contributed by atoms with Crippen LogP contribution in [-0.2, 0) is 10.0 Å². The Balaban J connectivity index is 1.47. The predicted molar refractivity (Wildman–Crippen MR) is 118 cm³/mol. The molecule has 4 rings (SSSR count). The number of hydrogen-bond acceptors (Lipinski definition) is 6. The lowest BCUT2D eigenvalue weighted by molar-refractivity contribution is 0.102. The highest BCUT2D eigenvalue weighted by molar-refractivity contribution is 7.89. The second-order valence-corrected chi connectivity index (χ2v) is 11.6. The highest BCUT2D eigenvalue weighted by atomic mass is 35.5. The van der Waals surface area contributed by atoms with Crippen LogP contribution in [0.4, 0.5) is 5.13 Å². The molecule has 0 aliphatic heterocycles. The van der Waals surface area contributed by atoms with Gasteiger partial charge in [0, 0.05) is 29.6 Å². The fourth-order valence-electron chi connectivity index (χ4n) is 2.72. The third-order valence-electron chi connectivity index (χ3n) is 4.51. The zero-order valence-electron chi connectivity index (χ0n) is 15.1. The first-order chi connectivity index (χ1) is 13.8. The number of carbonyl (C=O) groups is 1. The van der Waals surface area contributed by atoms with Gasteiger partial charge in [0.25, 0.3) is 5.91 Å². The molecule has 0 bridgehead atoms. The van der Waals surface area contributed by atoms with Crippen molar-refractivity contribution in [1.29, 1.82) is 0 Å². The molecule has 11 heteroatoms. The van der Waals surface area contributed by atoms with E-state index in [4.69, 9.17) is 23.2 Å². The van der Waals surface area contributed by atoms with Crippen molar-refractivity contribution in [3.63, 3.8) is 0 Å². The molecular formula is C18H15Cl2N3O3S3. The average Bonchev–Trinajstić information content (AvgIpc) is 3.35. The summed E-state index contributed by atoms with van der Waals surface area (Å²) in [5.41, 5.74) is 1.68. The molecule has 1 aliphatic carbocycles. The average molecular weight is 488 g/mol. The molecule has 1 saturated carbocycles. The number of rotatable bonds is 6. The lowest BCUT2D eigenvalue weighted by Crippen LogP contribution is -2.29. The van der Waals surface area contributed by atoms with Gasteiger partial charge in [-0.05, 0) is 43.2 Å². The van der Waals surface area contributed by atoms with E-state index < -0.39 is 10.0 Å². The van der Waals surface area contributed by atoms with E-state index in [1.54, 1.807) is 18.5 Å². The van der Waals surface area contributed by atoms with Crippen LogP contribution in [0.15, 0.2) is 40.6 Å². The van der Waals surface area contributed by atoms with Crippen molar-refractivity contribution in [2.45, 2.75) is 23.8 Å². The Kier molecular flexibility index (Phi) is 5.71. The van der Waals surface area contributed by atoms with Crippen LogP contribution < -0.4 is 5.32 Å². The maximum atomic E-state index is 12.6. The Morgan fingerprint density at radius 3 is 2.52 bits per heavy atom. The maximum Gasteiger partial charge on any atom is 0.257 e. The number of thiazole rings is 1. The maximum absolute atomic E-state index is 12.6. The minimum atomic E-state index is -3.54. The van der Waals surface area contributed by atoms with Gasteiger partial charge in [0.1, 0.15) is 4.34 Å². The van der Waals surface area contributed by atoms with Gasteiger partial charge in [-0.3, -0.25) is 10.1 Å². The lowest BCUT2D eigenvalue weighted by Gasteiger charge is -2.16. The van der Waals surface area contributed by atoms with Crippen molar-refractivity contribution >= 4 is 66.9 Å². The first-order valence-electron chi connectivity index (χ1n) is 8.56. The summed E-state index contributed by atoms with van der Waals surface area (Å²) >= 11 is 14.6. The summed E-state index contributed by atoms with van der Waals surface area (Å²) < 4.78 is 27.6. The molecule has 1 N–H and O–H groups in total. The van der Waals surface area contributed by atoms with Crippen LogP contribution >= 0.6 is 45.9 Å². The van der Waals surface area contributed by atoms with Gasteiger partial charge >= 0.3 is 0 Å². The largest absolute Gasteiger partial charge is 0.298 e. The number of halogens is 2. The van der Waals surface area contributed by atoms with E-state index in [2.05, 4.69) is 10.3 Å². The van der Waals surface area contributed by atoms with E-state index in [0.29, 0.717) is 30.6 Å². The van der Waals surface area contributed by atoms with Crippen LogP contribution in [0.3, 0.4) is 0 Å². The summed E-state index contributed by atoms with van der Waals surface area (Å²) in [6.07, 6.45) is 1.77. The Bertz CT molecular complexity index is 1170. The Hall–Kier alpha value is -1.49. The highest BCUT2D eigenvalue weighted by Crippen LogP contribution is 2.39. The molecule has 0 saturated heterocycles. The number of anilines is 1. The van der Waals surface area contributed by atoms with Crippen molar-refractivity contribution in [2.75, 3.05) is 12.4 Å². The van der Waals surface area contributed by atoms with Crippen LogP contribution in [0.25, 0.3) is 11.3 Å². The minimum Gasteiger partial charge on any atom is -0.298 e. The molecule has 29 heavy (non-hydrogen) atoms. The smallest absolute Gasteiger partial charge is 0.257 e. The Labute approximate surface area is 186 Å². The molecule has 3 aromatic rings. The number of nitrogens with zero attached hydrogens (tertiary/aromatic N) is 2. The summed E-state index contributed by atoms with van der Waals surface area (Å²) in [4.78, 5) is 17.0. The standard InChI is InChI=1S/C18H15Cl2N3O3S3/c1-23(11-4-5-11)29(25,26)12-6-2-10(3-7-12)17(24)22-18-21-14(9-27-18)13-8-15(19)28-16(13)20/h2-3,6-9,11H,4-5H2,1H3,(H,21,22,24). The van der Waals surface area contributed by atoms with Gasteiger partial charge in [0.05, 0.1) is 14.9 Å². The fourth-order valence-corrected chi connectivity index (χ4v) is 6.32. The quantitative estimate of drug-likeness (QED) is 0.517. The zero-order chi connectivity index (χ0) is 20.8. The number of amides is 1. The topological polar surface area (TPSA) is 79.4 Å². The van der Waals surface area contributed by atoms with Gasteiger partial charge in [0.15, 0.2) is 5.13 Å². The molecule has 1 aliphatic rings. The number of benzene rings is 1. The van der Waals surface area contributed by atoms with E-state index in [1.165, 1.54) is 51.2 Å². The summed E-state index contributed by atoms with van der Waals surface area (Å²) in [5.74, 6) is -0.375. The van der Waals surface area contributed by atoms with Crippen molar-refractivity contribution in [1.82, 2.24) is 9.29 Å². The molecule has 0 radical (unpaired) electrons. The van der Waals surface area contributed by atoms with Crippen LogP contribution in [0.5, 0.6) is 0 Å². The summed E-state index contributed by atoms with van der Waals surface area (Å²) in [6.45, 7) is 0. The van der Waals surface area contributed by atoms with E-state index >= 15 is 0 Å². The molecule has 0 spiro atoms. The molecule has 2 aromatic heterocycles. The molecule has 152 valence electrons. The number of carbonyl (C=O) groups excluding carboxylic acids is 1. The number of nitrogens with one attached hydrogen (secondary N) is 1. The van der Waals surface area contributed by atoms with E-state index in [-0.39, 0.29) is 16.8 Å². The fraction of sp³-hybridized carbons (Fsp3) is 0.222. The van der Waals surface area contributed by atoms with Gasteiger partial charge in [-0.25, -0.2) is 13.4 Å². The van der Waals surface area contributed by atoms with Crippen LogP contribution in [0.1, 0.15) is 23.2 Å². The van der Waals surface area contributed by atoms with Crippen molar-refractivity contribution in [2.24, 2.45) is 0 Å². The number of thiophene rings is 1. The van der Waals surface area contributed by atoms with E-state index in [0.717, 1.165) is 12.8 Å². The lowest BCUT2D eigenvalue weighted by atomic mass is 10.2. The predicted octanol–water partition coefficient (Wildman–Crippen LogP) is 5.21. The SMILES string of the molecule is CN(C1CC1)S(=O)(=O)c1ccc(C(=O)Nc2nc(-c3cc(Cl)sc3Cl)cs2)cc1. The third kappa shape index (κ3) is 4.35. The van der Waals surface area contributed by atoms with Gasteiger partial charge in [0.2, 0.25) is 10.0 Å². The van der Waals surface area contributed by atoms with E-state index in [9.17, 15) is 13.2 Å². The van der Waals surface area contributed by atoms with Gasteiger partial charge in [-0.2, -0.15) is 4.31 Å². The highest BCUT2D eigenvalue weighted by Gasteiger charge is 2.35. The second kappa shape index (κ2) is 7.98. The zero-order valence-corrected chi connectivity index (χ0v) is 19.0. The minimum absolute atomic E-state index is 0.0775. The van der Waals surface area contributed by atoms with Crippen LogP contribution in [-0.4, -0.2) is 36.7 Å². The van der Waals surface area contributed by atoms with Crippen LogP contribution in [0.2, 0.25) is 8.67 Å². The van der Waals surface area contributed by atoms with E-state index in [1.807, 2.05) is 0 Å². The Morgan fingerprint density at radius 1 is 1.24 bits per heavy atom. The summed E-state index contributed by atoms with van der Waals surface area (Å²) in [5, 5.41) is 4.91. The molecule has 1 amide bonds. The molecule has 2 heterocycles. The second-order valence-electron chi connectivity index (χ2n) is 6.51. The molecule has 0 atom stereocenters. The normalized spacial score (nSPS) is 14.3. The molecule has 1 fully saturated rings. The summed E-state index contributed by atoms with van der Waals surface area (Å²) in [7, 11) is -1.95. The summed E-state index contributed by atoms with van der Waals surface area (Å²) in [6, 6.07) is 7.69. The molecule has 1 aromatic carbocycles. The first-order valence-corrected chi connectivity index (χ1v) is 12.4. The van der Waals surface area contributed by atoms with Gasteiger partial charge in [-0.1, -0.05) is 23.2 Å². The monoisotopic (exact) mass is 487 g/mol. The molecule has 0 unspecified atom stereocenters. The van der Waals surface area contributed by atoms with Gasteiger partial charge < -0.3 is 0 Å². The van der Waals surface area contributed by atoms with Crippen molar-refractivity contribution < 1.29 is 13.2 Å². The number of hydrogen-bond donors (Lipinski definition) is 1. The van der Waals surface area contributed by atoms with Gasteiger partial charge in [-0.15, -0.1) is 22.7 Å². The molecular weight excluding hydrogens is 473 g/mol.